The molecule has 0 aliphatic carbocycles. The normalized spacial score (nSPS) is 12.2. The number of sulfonamides is 1. The number of nitrogens with zero attached hydrogens (tertiary/aromatic N) is 2. The zero-order valence-corrected chi connectivity index (χ0v) is 17.8. The van der Waals surface area contributed by atoms with Gasteiger partial charge in [0.1, 0.15) is 0 Å². The third-order valence-corrected chi connectivity index (χ3v) is 5.93. The SMILES string of the molecule is NS(=O)(=O)c1ccc(-c2c(-c3ccc(Cl)cc3)c(C(F)(F)F)nn2-c2ccccc2)cc1. The van der Waals surface area contributed by atoms with Crippen LogP contribution in [0.1, 0.15) is 5.69 Å². The van der Waals surface area contributed by atoms with Crippen LogP contribution in [-0.2, 0) is 16.2 Å². The lowest BCUT2D eigenvalue weighted by molar-refractivity contribution is -0.140. The third-order valence-electron chi connectivity index (χ3n) is 4.74. The van der Waals surface area contributed by atoms with E-state index in [1.807, 2.05) is 0 Å². The number of hydrogen-bond acceptors (Lipinski definition) is 3. The fourth-order valence-electron chi connectivity index (χ4n) is 3.33. The van der Waals surface area contributed by atoms with Crippen molar-refractivity contribution in [3.05, 3.63) is 89.6 Å². The molecule has 0 bridgehead atoms. The summed E-state index contributed by atoms with van der Waals surface area (Å²) in [6.45, 7) is 0. The van der Waals surface area contributed by atoms with Gasteiger partial charge in [-0.1, -0.05) is 54.1 Å². The molecule has 0 aliphatic rings. The van der Waals surface area contributed by atoms with E-state index in [4.69, 9.17) is 16.7 Å². The first-order chi connectivity index (χ1) is 15.1. The van der Waals surface area contributed by atoms with Gasteiger partial charge >= 0.3 is 6.18 Å². The smallest absolute Gasteiger partial charge is 0.232 e. The molecule has 5 nitrogen and oxygen atoms in total. The van der Waals surface area contributed by atoms with Gasteiger partial charge in [-0.25, -0.2) is 18.2 Å². The number of rotatable bonds is 4. The standard InChI is InChI=1S/C22H15ClF3N3O2S/c23-16-10-6-14(7-11-16)19-20(15-8-12-18(13-9-15)32(27,30)31)29(17-4-2-1-3-5-17)28-21(19)22(24,25)26/h1-13H,(H2,27,30,31). The summed E-state index contributed by atoms with van der Waals surface area (Å²) in [7, 11) is -3.97. The molecule has 0 amide bonds. The Labute approximate surface area is 186 Å². The summed E-state index contributed by atoms with van der Waals surface area (Å²) in [5, 5.41) is 9.44. The molecule has 1 heterocycles. The van der Waals surface area contributed by atoms with Gasteiger partial charge in [0.2, 0.25) is 10.0 Å². The van der Waals surface area contributed by atoms with Crippen molar-refractivity contribution in [2.75, 3.05) is 0 Å². The van der Waals surface area contributed by atoms with Crippen molar-refractivity contribution in [3.63, 3.8) is 0 Å². The average molecular weight is 478 g/mol. The van der Waals surface area contributed by atoms with Gasteiger partial charge < -0.3 is 0 Å². The molecule has 4 rings (SSSR count). The van der Waals surface area contributed by atoms with Crippen molar-refractivity contribution in [2.24, 2.45) is 5.14 Å². The van der Waals surface area contributed by atoms with Crippen LogP contribution in [0.25, 0.3) is 28.1 Å². The Balaban J connectivity index is 2.07. The van der Waals surface area contributed by atoms with E-state index < -0.39 is 21.9 Å². The third kappa shape index (κ3) is 4.27. The van der Waals surface area contributed by atoms with E-state index in [1.54, 1.807) is 30.3 Å². The van der Waals surface area contributed by atoms with Gasteiger partial charge in [0.15, 0.2) is 5.69 Å². The van der Waals surface area contributed by atoms with Crippen LogP contribution in [0, 0.1) is 0 Å². The number of alkyl halides is 3. The molecule has 2 N–H and O–H groups in total. The second-order valence-electron chi connectivity index (χ2n) is 6.89. The molecule has 10 heteroatoms. The quantitative estimate of drug-likeness (QED) is 0.420. The molecule has 32 heavy (non-hydrogen) atoms. The van der Waals surface area contributed by atoms with Gasteiger partial charge in [0, 0.05) is 16.1 Å². The van der Waals surface area contributed by atoms with Crippen LogP contribution >= 0.6 is 11.6 Å². The van der Waals surface area contributed by atoms with Crippen molar-refractivity contribution < 1.29 is 21.6 Å². The lowest BCUT2D eigenvalue weighted by Crippen LogP contribution is -2.11. The van der Waals surface area contributed by atoms with E-state index >= 15 is 0 Å². The Morgan fingerprint density at radius 2 is 1.41 bits per heavy atom. The van der Waals surface area contributed by atoms with E-state index in [-0.39, 0.29) is 21.7 Å². The van der Waals surface area contributed by atoms with Crippen LogP contribution in [0.2, 0.25) is 5.02 Å². The second-order valence-corrected chi connectivity index (χ2v) is 8.89. The Hall–Kier alpha value is -3.14. The summed E-state index contributed by atoms with van der Waals surface area (Å²) in [5.41, 5.74) is -0.0882. The Morgan fingerprint density at radius 1 is 0.844 bits per heavy atom. The molecule has 1 aromatic heterocycles. The van der Waals surface area contributed by atoms with Crippen molar-refractivity contribution in [3.8, 4) is 28.1 Å². The number of halogens is 4. The van der Waals surface area contributed by atoms with Gasteiger partial charge in [-0.3, -0.25) is 0 Å². The maximum Gasteiger partial charge on any atom is 0.435 e. The molecular formula is C22H15ClF3N3O2S. The highest BCUT2D eigenvalue weighted by molar-refractivity contribution is 7.89. The van der Waals surface area contributed by atoms with Crippen molar-refractivity contribution in [1.29, 1.82) is 0 Å². The van der Waals surface area contributed by atoms with E-state index in [9.17, 15) is 21.6 Å². The summed E-state index contributed by atoms with van der Waals surface area (Å²) in [6, 6.07) is 19.6. The van der Waals surface area contributed by atoms with Crippen LogP contribution in [-0.4, -0.2) is 18.2 Å². The molecule has 164 valence electrons. The Kier molecular flexibility index (Phi) is 5.58. The lowest BCUT2D eigenvalue weighted by atomic mass is 9.98. The highest BCUT2D eigenvalue weighted by Crippen LogP contribution is 2.43. The first kappa shape index (κ1) is 22.1. The summed E-state index contributed by atoms with van der Waals surface area (Å²) in [5.74, 6) is 0. The first-order valence-corrected chi connectivity index (χ1v) is 11.1. The minimum Gasteiger partial charge on any atom is -0.232 e. The first-order valence-electron chi connectivity index (χ1n) is 9.20. The Morgan fingerprint density at radius 3 is 1.94 bits per heavy atom. The maximum absolute atomic E-state index is 14.1. The molecule has 3 aromatic carbocycles. The second kappa shape index (κ2) is 8.09. The van der Waals surface area contributed by atoms with E-state index in [0.717, 1.165) is 0 Å². The molecule has 0 spiro atoms. The zero-order chi connectivity index (χ0) is 23.1. The van der Waals surface area contributed by atoms with E-state index in [2.05, 4.69) is 5.10 Å². The van der Waals surface area contributed by atoms with Crippen LogP contribution in [0.4, 0.5) is 13.2 Å². The average Bonchev–Trinajstić information content (AvgIpc) is 3.15. The van der Waals surface area contributed by atoms with Crippen LogP contribution in [0.3, 0.4) is 0 Å². The van der Waals surface area contributed by atoms with Gasteiger partial charge in [0.05, 0.1) is 16.3 Å². The number of para-hydroxylation sites is 1. The predicted octanol–water partition coefficient (Wildman–Crippen LogP) is 5.53. The topological polar surface area (TPSA) is 78.0 Å². The monoisotopic (exact) mass is 477 g/mol. The highest BCUT2D eigenvalue weighted by atomic mass is 35.5. The molecule has 0 saturated carbocycles. The molecule has 0 saturated heterocycles. The van der Waals surface area contributed by atoms with Crippen LogP contribution in [0.15, 0.2) is 83.8 Å². The minimum atomic E-state index is -4.75. The molecule has 0 unspecified atom stereocenters. The number of hydrogen-bond donors (Lipinski definition) is 1. The molecule has 0 fully saturated rings. The molecule has 0 atom stereocenters. The molecular weight excluding hydrogens is 463 g/mol. The van der Waals surface area contributed by atoms with Gasteiger partial charge in [0.25, 0.3) is 0 Å². The minimum absolute atomic E-state index is 0.145. The number of aromatic nitrogens is 2. The van der Waals surface area contributed by atoms with Crippen LogP contribution < -0.4 is 5.14 Å². The maximum atomic E-state index is 14.1. The lowest BCUT2D eigenvalue weighted by Gasteiger charge is -2.12. The molecule has 0 aliphatic heterocycles. The molecule has 0 radical (unpaired) electrons. The van der Waals surface area contributed by atoms with Crippen LogP contribution in [0.5, 0.6) is 0 Å². The number of nitrogens with two attached hydrogens (primary N) is 1. The van der Waals surface area contributed by atoms with Crippen molar-refractivity contribution in [2.45, 2.75) is 11.1 Å². The van der Waals surface area contributed by atoms with Crippen molar-refractivity contribution >= 4 is 21.6 Å². The summed E-state index contributed by atoms with van der Waals surface area (Å²) in [4.78, 5) is -0.156. The van der Waals surface area contributed by atoms with Gasteiger partial charge in [-0.2, -0.15) is 18.3 Å². The van der Waals surface area contributed by atoms with Gasteiger partial charge in [-0.05, 0) is 42.0 Å². The summed E-state index contributed by atoms with van der Waals surface area (Å²) < 4.78 is 66.6. The fourth-order valence-corrected chi connectivity index (χ4v) is 3.97. The predicted molar refractivity (Wildman–Crippen MR) is 116 cm³/mol. The number of benzene rings is 3. The Bertz CT molecular complexity index is 1370. The fraction of sp³-hybridized carbons (Fsp3) is 0.0455. The van der Waals surface area contributed by atoms with Crippen molar-refractivity contribution in [1.82, 2.24) is 9.78 Å². The summed E-state index contributed by atoms with van der Waals surface area (Å²) >= 11 is 5.94. The summed E-state index contributed by atoms with van der Waals surface area (Å²) in [6.07, 6.45) is -4.75. The highest BCUT2D eigenvalue weighted by Gasteiger charge is 2.40. The van der Waals surface area contributed by atoms with E-state index in [0.29, 0.717) is 16.3 Å². The zero-order valence-electron chi connectivity index (χ0n) is 16.2. The van der Waals surface area contributed by atoms with E-state index in [1.165, 1.54) is 53.2 Å². The molecule has 4 aromatic rings. The largest absolute Gasteiger partial charge is 0.435 e. The number of primary sulfonamides is 1. The van der Waals surface area contributed by atoms with Gasteiger partial charge in [-0.15, -0.1) is 0 Å².